The summed E-state index contributed by atoms with van der Waals surface area (Å²) in [5.41, 5.74) is -1.96. The van der Waals surface area contributed by atoms with Gasteiger partial charge in [0.15, 0.2) is 18.3 Å². The van der Waals surface area contributed by atoms with E-state index in [4.69, 9.17) is 28.8 Å². The molecular formula is C19H32N2O14S2. The highest BCUT2D eigenvalue weighted by Gasteiger charge is 2.56. The van der Waals surface area contributed by atoms with Crippen LogP contribution < -0.4 is 9.86 Å². The third kappa shape index (κ3) is 12.1. The third-order valence-electron chi connectivity index (χ3n) is 4.63. The second-order valence-corrected chi connectivity index (χ2v) is 10.9. The highest BCUT2D eigenvalue weighted by Crippen LogP contribution is 2.31. The highest BCUT2D eigenvalue weighted by atomic mass is 32.2. The van der Waals surface area contributed by atoms with Crippen molar-refractivity contribution in [1.82, 2.24) is 4.72 Å². The lowest BCUT2D eigenvalue weighted by molar-refractivity contribution is -0.238. The molecule has 0 radical (unpaired) electrons. The van der Waals surface area contributed by atoms with Crippen molar-refractivity contribution in [2.45, 2.75) is 76.8 Å². The van der Waals surface area contributed by atoms with Crippen molar-refractivity contribution in [2.75, 3.05) is 19.8 Å². The van der Waals surface area contributed by atoms with Crippen molar-refractivity contribution >= 4 is 44.2 Å². The van der Waals surface area contributed by atoms with Gasteiger partial charge in [0, 0.05) is 34.2 Å². The number of hydrogen-bond acceptors (Lipinski definition) is 14. The van der Waals surface area contributed by atoms with E-state index in [-0.39, 0.29) is 26.0 Å². The van der Waals surface area contributed by atoms with E-state index >= 15 is 0 Å². The minimum absolute atomic E-state index is 0.134. The van der Waals surface area contributed by atoms with Crippen LogP contribution in [0.3, 0.4) is 0 Å². The fourth-order valence-corrected chi connectivity index (χ4v) is 5.11. The zero-order chi connectivity index (χ0) is 28.4. The molecule has 37 heavy (non-hydrogen) atoms. The van der Waals surface area contributed by atoms with Gasteiger partial charge in [0.05, 0.1) is 6.61 Å². The monoisotopic (exact) mass is 576 g/mol. The lowest BCUT2D eigenvalue weighted by atomic mass is 9.99. The molecule has 0 spiro atoms. The van der Waals surface area contributed by atoms with Crippen LogP contribution in [0.4, 0.5) is 0 Å². The van der Waals surface area contributed by atoms with Crippen molar-refractivity contribution in [3.05, 3.63) is 0 Å². The molecule has 0 aromatic rings. The standard InChI is InChI=1S/C19H32N2O14S2/c1-11(22)30-10-15-16(32-12(2)23)17(33-13(3)24)18(34-14(4)25)19(35-15)36(26,27)21-8-6-5-7-9-31-37(20,28)29/h15-19,21H,5-10H2,1-4H3,(H2,20,28,29)/t15-,16-,17-,18-,19+/m1/s1. The number of sulfonamides is 1. The lowest BCUT2D eigenvalue weighted by Gasteiger charge is -2.43. The average Bonchev–Trinajstić information content (AvgIpc) is 2.72. The summed E-state index contributed by atoms with van der Waals surface area (Å²) in [6.07, 6.45) is -5.43. The summed E-state index contributed by atoms with van der Waals surface area (Å²) in [4.78, 5) is 46.7. The molecule has 18 heteroatoms. The average molecular weight is 577 g/mol. The number of nitrogens with one attached hydrogen (secondary N) is 1. The Morgan fingerprint density at radius 2 is 1.32 bits per heavy atom. The minimum atomic E-state index is -4.46. The Hall–Kier alpha value is -2.38. The molecule has 16 nitrogen and oxygen atoms in total. The van der Waals surface area contributed by atoms with E-state index in [0.717, 1.165) is 27.7 Å². The van der Waals surface area contributed by atoms with Gasteiger partial charge in [-0.3, -0.25) is 23.4 Å². The topological polar surface area (TPSA) is 230 Å². The van der Waals surface area contributed by atoms with Gasteiger partial charge in [-0.25, -0.2) is 18.3 Å². The van der Waals surface area contributed by atoms with Gasteiger partial charge in [-0.15, -0.1) is 0 Å². The molecule has 1 aliphatic rings. The second-order valence-electron chi connectivity index (χ2n) is 7.88. The zero-order valence-electron chi connectivity index (χ0n) is 20.7. The first kappa shape index (κ1) is 32.6. The van der Waals surface area contributed by atoms with E-state index in [9.17, 15) is 36.0 Å². The van der Waals surface area contributed by atoms with Gasteiger partial charge in [-0.1, -0.05) is 0 Å². The molecule has 0 aliphatic carbocycles. The smallest absolute Gasteiger partial charge is 0.333 e. The molecule has 0 amide bonds. The van der Waals surface area contributed by atoms with Crippen LogP contribution in [0, 0.1) is 0 Å². The summed E-state index contributed by atoms with van der Waals surface area (Å²) in [5.74, 6) is -3.45. The quantitative estimate of drug-likeness (QED) is 0.134. The van der Waals surface area contributed by atoms with Crippen LogP contribution in [0.15, 0.2) is 0 Å². The van der Waals surface area contributed by atoms with Crippen molar-refractivity contribution in [3.63, 3.8) is 0 Å². The van der Waals surface area contributed by atoms with E-state index in [1.165, 1.54) is 0 Å². The molecule has 3 N–H and O–H groups in total. The summed E-state index contributed by atoms with van der Waals surface area (Å²) in [5, 5.41) is 4.71. The number of carbonyl (C=O) groups is 4. The minimum Gasteiger partial charge on any atom is -0.463 e. The number of ether oxygens (including phenoxy) is 5. The van der Waals surface area contributed by atoms with Crippen LogP contribution in [0.25, 0.3) is 0 Å². The van der Waals surface area contributed by atoms with Crippen LogP contribution >= 0.6 is 0 Å². The van der Waals surface area contributed by atoms with E-state index in [1.54, 1.807) is 0 Å². The maximum absolute atomic E-state index is 13.1. The van der Waals surface area contributed by atoms with Crippen LogP contribution in [-0.4, -0.2) is 90.3 Å². The molecular weight excluding hydrogens is 544 g/mol. The van der Waals surface area contributed by atoms with Crippen LogP contribution in [-0.2, 0) is 67.4 Å². The predicted molar refractivity (Wildman–Crippen MR) is 122 cm³/mol. The number of nitrogens with two attached hydrogens (primary N) is 1. The van der Waals surface area contributed by atoms with Crippen LogP contribution in [0.2, 0.25) is 0 Å². The summed E-state index contributed by atoms with van der Waals surface area (Å²) in [7, 11) is -8.54. The maximum Gasteiger partial charge on any atom is 0.333 e. The van der Waals surface area contributed by atoms with Crippen molar-refractivity contribution in [1.29, 1.82) is 0 Å². The summed E-state index contributed by atoms with van der Waals surface area (Å²) >= 11 is 0. The molecule has 0 aromatic carbocycles. The predicted octanol–water partition coefficient (Wildman–Crippen LogP) is -1.62. The van der Waals surface area contributed by atoms with Crippen molar-refractivity contribution < 1.29 is 63.9 Å². The molecule has 1 saturated heterocycles. The molecule has 0 bridgehead atoms. The first-order valence-corrected chi connectivity index (χ1v) is 14.0. The van der Waals surface area contributed by atoms with Crippen LogP contribution in [0.1, 0.15) is 47.0 Å². The summed E-state index contributed by atoms with van der Waals surface area (Å²) < 4.78 is 80.4. The van der Waals surface area contributed by atoms with Gasteiger partial charge in [0.25, 0.3) is 0 Å². The number of unbranched alkanes of at least 4 members (excludes halogenated alkanes) is 2. The lowest BCUT2D eigenvalue weighted by Crippen LogP contribution is -2.65. The maximum atomic E-state index is 13.1. The molecule has 0 saturated carbocycles. The Labute approximate surface area is 214 Å². The number of hydrogen-bond donors (Lipinski definition) is 2. The third-order valence-corrected chi connectivity index (χ3v) is 6.72. The van der Waals surface area contributed by atoms with Crippen LogP contribution in [0.5, 0.6) is 0 Å². The SMILES string of the molecule is CC(=O)OC[C@H]1O[C@@H](S(=O)(=O)NCCCCCOS(N)(=O)=O)[C@H](OC(C)=O)[C@H](OC(C)=O)[C@@H]1OC(C)=O. The Bertz CT molecular complexity index is 1030. The van der Waals surface area contributed by atoms with Gasteiger partial charge in [0.2, 0.25) is 15.5 Å². The first-order valence-electron chi connectivity index (χ1n) is 11.0. The van der Waals surface area contributed by atoms with Gasteiger partial charge < -0.3 is 23.7 Å². The molecule has 214 valence electrons. The van der Waals surface area contributed by atoms with Gasteiger partial charge >= 0.3 is 34.2 Å². The Morgan fingerprint density at radius 3 is 1.84 bits per heavy atom. The fourth-order valence-electron chi connectivity index (χ4n) is 3.31. The largest absolute Gasteiger partial charge is 0.463 e. The van der Waals surface area contributed by atoms with Crippen molar-refractivity contribution in [2.24, 2.45) is 5.14 Å². The number of rotatable bonds is 14. The highest BCUT2D eigenvalue weighted by molar-refractivity contribution is 7.90. The van der Waals surface area contributed by atoms with E-state index in [1.807, 2.05) is 0 Å². The Balaban J connectivity index is 3.15. The molecule has 1 heterocycles. The van der Waals surface area contributed by atoms with Crippen molar-refractivity contribution in [3.8, 4) is 0 Å². The van der Waals surface area contributed by atoms with E-state index < -0.39 is 80.7 Å². The van der Waals surface area contributed by atoms with Gasteiger partial charge in [-0.2, -0.15) is 8.42 Å². The van der Waals surface area contributed by atoms with Gasteiger partial charge in [-0.05, 0) is 19.3 Å². The number of esters is 4. The molecule has 0 aromatic heterocycles. The molecule has 1 aliphatic heterocycles. The second kappa shape index (κ2) is 14.5. The summed E-state index contributed by atoms with van der Waals surface area (Å²) in [6, 6.07) is 0. The van der Waals surface area contributed by atoms with E-state index in [0.29, 0.717) is 6.42 Å². The Kier molecular flexibility index (Phi) is 12.8. The molecule has 5 atom stereocenters. The zero-order valence-corrected chi connectivity index (χ0v) is 22.4. The molecule has 1 rings (SSSR count). The summed E-state index contributed by atoms with van der Waals surface area (Å²) in [6.45, 7) is 3.21. The first-order chi connectivity index (χ1) is 17.0. The normalized spacial score (nSPS) is 24.1. The van der Waals surface area contributed by atoms with Gasteiger partial charge in [0.1, 0.15) is 12.7 Å². The Morgan fingerprint density at radius 1 is 0.784 bits per heavy atom. The molecule has 0 unspecified atom stereocenters. The fraction of sp³-hybridized carbons (Fsp3) is 0.789. The van der Waals surface area contributed by atoms with E-state index in [2.05, 4.69) is 8.91 Å². The number of carbonyl (C=O) groups excluding carboxylic acids is 4. The molecule has 1 fully saturated rings.